The van der Waals surface area contributed by atoms with E-state index in [-0.39, 0.29) is 5.91 Å². The molecule has 25 heavy (non-hydrogen) atoms. The Morgan fingerprint density at radius 3 is 2.24 bits per heavy atom. The zero-order valence-corrected chi connectivity index (χ0v) is 14.1. The molecule has 1 heterocycles. The van der Waals surface area contributed by atoms with Crippen molar-refractivity contribution in [1.29, 1.82) is 0 Å². The lowest BCUT2D eigenvalue weighted by Gasteiger charge is -2.19. The molecule has 0 spiro atoms. The Labute approximate surface area is 148 Å². The van der Waals surface area contributed by atoms with Crippen LogP contribution in [0.1, 0.15) is 32.6 Å². The van der Waals surface area contributed by atoms with E-state index in [0.717, 1.165) is 33.5 Å². The number of carbonyl (C=O) groups excluding carboxylic acids is 1. The van der Waals surface area contributed by atoms with Crippen molar-refractivity contribution in [2.24, 2.45) is 0 Å². The molecule has 2 heteroatoms. The molecule has 0 N–H and O–H groups in total. The van der Waals surface area contributed by atoms with Crippen LogP contribution in [0.4, 0.5) is 0 Å². The Morgan fingerprint density at radius 2 is 1.52 bits per heavy atom. The molecule has 0 aromatic heterocycles. The molecule has 3 aromatic carbocycles. The fourth-order valence-corrected chi connectivity index (χ4v) is 3.24. The summed E-state index contributed by atoms with van der Waals surface area (Å²) in [6, 6.07) is 26.3. The second kappa shape index (κ2) is 6.40. The average Bonchev–Trinajstić information content (AvgIpc) is 2.89. The summed E-state index contributed by atoms with van der Waals surface area (Å²) in [4.78, 5) is 14.9. The van der Waals surface area contributed by atoms with Gasteiger partial charge in [0.15, 0.2) is 0 Å². The lowest BCUT2D eigenvalue weighted by molar-refractivity contribution is 0.0843. The fourth-order valence-electron chi connectivity index (χ4n) is 3.24. The van der Waals surface area contributed by atoms with Crippen molar-refractivity contribution >= 4 is 17.7 Å². The van der Waals surface area contributed by atoms with E-state index in [1.165, 1.54) is 0 Å². The number of carbonyl (C=O) groups is 1. The number of rotatable bonds is 3. The smallest absolute Gasteiger partial charge is 0.259 e. The highest BCUT2D eigenvalue weighted by molar-refractivity contribution is 6.11. The van der Waals surface area contributed by atoms with Crippen molar-refractivity contribution in [2.75, 3.05) is 0 Å². The van der Waals surface area contributed by atoms with Gasteiger partial charge in [-0.2, -0.15) is 0 Å². The number of hydrogen-bond donors (Lipinski definition) is 0. The van der Waals surface area contributed by atoms with Gasteiger partial charge in [0.1, 0.15) is 0 Å². The standard InChI is InChI=1S/C23H19NO/c1-17-12-13-20-21(14-17)22(15-18-8-4-2-5-9-18)24(23(20)25)16-19-10-6-3-7-11-19/h2-15H,16H2,1H3/b22-15-. The summed E-state index contributed by atoms with van der Waals surface area (Å²) in [5, 5.41) is 0. The van der Waals surface area contributed by atoms with Gasteiger partial charge in [-0.1, -0.05) is 72.3 Å². The first-order valence-corrected chi connectivity index (χ1v) is 8.46. The van der Waals surface area contributed by atoms with Crippen molar-refractivity contribution in [2.45, 2.75) is 13.5 Å². The maximum atomic E-state index is 13.0. The van der Waals surface area contributed by atoms with Gasteiger partial charge in [-0.3, -0.25) is 4.79 Å². The Bertz CT molecular complexity index is 942. The Hall–Kier alpha value is -3.13. The van der Waals surface area contributed by atoms with Crippen LogP contribution in [0.5, 0.6) is 0 Å². The second-order valence-electron chi connectivity index (χ2n) is 6.37. The number of hydrogen-bond acceptors (Lipinski definition) is 1. The van der Waals surface area contributed by atoms with Crippen LogP contribution in [0.25, 0.3) is 11.8 Å². The third-order valence-electron chi connectivity index (χ3n) is 4.50. The van der Waals surface area contributed by atoms with E-state index in [1.54, 1.807) is 0 Å². The van der Waals surface area contributed by atoms with E-state index in [1.807, 2.05) is 53.4 Å². The highest BCUT2D eigenvalue weighted by atomic mass is 16.2. The molecule has 0 fully saturated rings. The molecule has 0 aliphatic carbocycles. The third-order valence-corrected chi connectivity index (χ3v) is 4.50. The first kappa shape index (κ1) is 15.4. The molecular formula is C23H19NO. The van der Waals surface area contributed by atoms with Crippen molar-refractivity contribution < 1.29 is 4.79 Å². The summed E-state index contributed by atoms with van der Waals surface area (Å²) in [5.41, 5.74) is 6.15. The molecule has 1 aliphatic heterocycles. The van der Waals surface area contributed by atoms with E-state index in [2.05, 4.69) is 43.3 Å². The van der Waals surface area contributed by atoms with Crippen LogP contribution in [-0.4, -0.2) is 10.8 Å². The van der Waals surface area contributed by atoms with Crippen molar-refractivity contribution in [3.05, 3.63) is 107 Å². The molecule has 0 saturated heterocycles. The van der Waals surface area contributed by atoms with E-state index in [0.29, 0.717) is 6.54 Å². The Kier molecular flexibility index (Phi) is 3.95. The normalized spacial score (nSPS) is 14.8. The third kappa shape index (κ3) is 2.99. The number of amides is 1. The molecule has 0 unspecified atom stereocenters. The molecule has 0 bridgehead atoms. The van der Waals surface area contributed by atoms with E-state index in [9.17, 15) is 4.79 Å². The lowest BCUT2D eigenvalue weighted by atomic mass is 10.0. The molecular weight excluding hydrogens is 306 g/mol. The predicted molar refractivity (Wildman–Crippen MR) is 102 cm³/mol. The van der Waals surface area contributed by atoms with Gasteiger partial charge < -0.3 is 4.90 Å². The van der Waals surface area contributed by atoms with Gasteiger partial charge in [0.2, 0.25) is 0 Å². The minimum Gasteiger partial charge on any atom is -0.303 e. The summed E-state index contributed by atoms with van der Waals surface area (Å²) < 4.78 is 0. The molecule has 1 aliphatic rings. The van der Waals surface area contributed by atoms with Crippen LogP contribution in [0.2, 0.25) is 0 Å². The van der Waals surface area contributed by atoms with Crippen LogP contribution in [0, 0.1) is 6.92 Å². The Balaban J connectivity index is 1.82. The summed E-state index contributed by atoms with van der Waals surface area (Å²) >= 11 is 0. The molecule has 0 radical (unpaired) electrons. The average molecular weight is 325 g/mol. The van der Waals surface area contributed by atoms with Crippen LogP contribution in [0.15, 0.2) is 78.9 Å². The second-order valence-corrected chi connectivity index (χ2v) is 6.37. The highest BCUT2D eigenvalue weighted by Crippen LogP contribution is 2.36. The van der Waals surface area contributed by atoms with E-state index < -0.39 is 0 Å². The quantitative estimate of drug-likeness (QED) is 0.652. The molecule has 4 rings (SSSR count). The van der Waals surface area contributed by atoms with Gasteiger partial charge in [-0.05, 0) is 36.3 Å². The van der Waals surface area contributed by atoms with Crippen molar-refractivity contribution in [1.82, 2.24) is 4.90 Å². The summed E-state index contributed by atoms with van der Waals surface area (Å²) in [7, 11) is 0. The zero-order valence-electron chi connectivity index (χ0n) is 14.1. The molecule has 1 amide bonds. The number of nitrogens with zero attached hydrogens (tertiary/aromatic N) is 1. The minimum atomic E-state index is 0.0704. The van der Waals surface area contributed by atoms with Crippen LogP contribution in [0.3, 0.4) is 0 Å². The topological polar surface area (TPSA) is 20.3 Å². The number of fused-ring (bicyclic) bond motifs is 1. The van der Waals surface area contributed by atoms with Crippen molar-refractivity contribution in [3.63, 3.8) is 0 Å². The van der Waals surface area contributed by atoms with E-state index >= 15 is 0 Å². The molecule has 122 valence electrons. The van der Waals surface area contributed by atoms with Gasteiger partial charge in [0.05, 0.1) is 12.2 Å². The van der Waals surface area contributed by atoms with Crippen LogP contribution < -0.4 is 0 Å². The molecule has 2 nitrogen and oxygen atoms in total. The van der Waals surface area contributed by atoms with Gasteiger partial charge >= 0.3 is 0 Å². The van der Waals surface area contributed by atoms with Gasteiger partial charge in [-0.25, -0.2) is 0 Å². The highest BCUT2D eigenvalue weighted by Gasteiger charge is 2.32. The van der Waals surface area contributed by atoms with Crippen LogP contribution in [-0.2, 0) is 6.54 Å². The maximum absolute atomic E-state index is 13.0. The predicted octanol–water partition coefficient (Wildman–Crippen LogP) is 5.15. The van der Waals surface area contributed by atoms with Gasteiger partial charge in [0, 0.05) is 11.1 Å². The van der Waals surface area contributed by atoms with E-state index in [4.69, 9.17) is 0 Å². The summed E-state index contributed by atoms with van der Waals surface area (Å²) in [5.74, 6) is 0.0704. The molecule has 0 saturated carbocycles. The number of benzene rings is 3. The first-order chi connectivity index (χ1) is 12.2. The minimum absolute atomic E-state index is 0.0704. The SMILES string of the molecule is Cc1ccc2c(c1)/C(=C/c1ccccc1)N(Cc1ccccc1)C2=O. The molecule has 0 atom stereocenters. The van der Waals surface area contributed by atoms with Gasteiger partial charge in [0.25, 0.3) is 5.91 Å². The number of aryl methyl sites for hydroxylation is 1. The first-order valence-electron chi connectivity index (χ1n) is 8.46. The van der Waals surface area contributed by atoms with Crippen molar-refractivity contribution in [3.8, 4) is 0 Å². The maximum Gasteiger partial charge on any atom is 0.259 e. The van der Waals surface area contributed by atoms with Gasteiger partial charge in [-0.15, -0.1) is 0 Å². The Morgan fingerprint density at radius 1 is 0.840 bits per heavy atom. The largest absolute Gasteiger partial charge is 0.303 e. The lowest BCUT2D eigenvalue weighted by Crippen LogP contribution is -2.22. The summed E-state index contributed by atoms with van der Waals surface area (Å²) in [6.45, 7) is 2.64. The molecule has 3 aromatic rings. The monoisotopic (exact) mass is 325 g/mol. The van der Waals surface area contributed by atoms with Crippen LogP contribution >= 0.6 is 0 Å². The summed E-state index contributed by atoms with van der Waals surface area (Å²) in [6.07, 6.45) is 2.10. The fraction of sp³-hybridized carbons (Fsp3) is 0.0870. The zero-order chi connectivity index (χ0) is 17.2.